The summed E-state index contributed by atoms with van der Waals surface area (Å²) >= 11 is 1.57. The number of carbonyl (C=O) groups is 1. The smallest absolute Gasteiger partial charge is 0.151 e. The maximum Gasteiger partial charge on any atom is 0.151 e. The van der Waals surface area contributed by atoms with Crippen LogP contribution in [-0.4, -0.2) is 19.7 Å². The summed E-state index contributed by atoms with van der Waals surface area (Å²) in [5, 5.41) is 0. The highest BCUT2D eigenvalue weighted by molar-refractivity contribution is 7.98. The highest BCUT2D eigenvalue weighted by Gasteiger charge is 2.05. The van der Waals surface area contributed by atoms with Crippen LogP contribution in [0.1, 0.15) is 15.9 Å². The Balaban J connectivity index is 3.26. The maximum atomic E-state index is 10.7. The lowest BCUT2D eigenvalue weighted by atomic mass is 10.1. The van der Waals surface area contributed by atoms with Crippen molar-refractivity contribution >= 4 is 18.0 Å². The molecule has 0 spiro atoms. The lowest BCUT2D eigenvalue weighted by molar-refractivity contribution is 0.112. The van der Waals surface area contributed by atoms with E-state index in [0.29, 0.717) is 5.56 Å². The third-order valence-corrected chi connectivity index (χ3v) is 2.67. The normalized spacial score (nSPS) is 9.77. The molecule has 1 aromatic carbocycles. The molecule has 0 unspecified atom stereocenters. The van der Waals surface area contributed by atoms with Crippen LogP contribution in [0.3, 0.4) is 0 Å². The highest BCUT2D eigenvalue weighted by Crippen LogP contribution is 2.27. The van der Waals surface area contributed by atoms with Crippen LogP contribution >= 0.6 is 11.8 Å². The van der Waals surface area contributed by atoms with Gasteiger partial charge in [0.2, 0.25) is 0 Å². The molecular weight excluding hydrogens is 184 g/mol. The molecule has 0 radical (unpaired) electrons. The Morgan fingerprint density at radius 3 is 2.62 bits per heavy atom. The summed E-state index contributed by atoms with van der Waals surface area (Å²) < 4.78 is 5.12. The summed E-state index contributed by atoms with van der Waals surface area (Å²) in [6, 6.07) is 3.74. The van der Waals surface area contributed by atoms with Gasteiger partial charge in [0, 0.05) is 10.5 Å². The highest BCUT2D eigenvalue weighted by atomic mass is 32.2. The molecule has 0 heterocycles. The van der Waals surface area contributed by atoms with Gasteiger partial charge in [0.05, 0.1) is 7.11 Å². The molecule has 70 valence electrons. The van der Waals surface area contributed by atoms with Crippen LogP contribution in [0.25, 0.3) is 0 Å². The molecule has 0 aliphatic heterocycles. The molecule has 0 bridgehead atoms. The zero-order valence-corrected chi connectivity index (χ0v) is 8.77. The molecule has 0 saturated heterocycles. The second kappa shape index (κ2) is 4.33. The lowest BCUT2D eigenvalue weighted by Gasteiger charge is -2.08. The molecule has 0 aliphatic rings. The van der Waals surface area contributed by atoms with Gasteiger partial charge in [0.15, 0.2) is 6.29 Å². The molecule has 0 amide bonds. The Kier molecular flexibility index (Phi) is 3.37. The summed E-state index contributed by atoms with van der Waals surface area (Å²) in [4.78, 5) is 11.7. The summed E-state index contributed by atoms with van der Waals surface area (Å²) in [6.45, 7) is 1.97. The molecule has 0 aromatic heterocycles. The van der Waals surface area contributed by atoms with Crippen LogP contribution < -0.4 is 4.74 Å². The first-order valence-corrected chi connectivity index (χ1v) is 5.13. The number of rotatable bonds is 3. The first kappa shape index (κ1) is 10.1. The molecule has 2 nitrogen and oxygen atoms in total. The van der Waals surface area contributed by atoms with E-state index in [1.54, 1.807) is 24.9 Å². The SMILES string of the molecule is COc1cc(C=O)c(SC)cc1C. The van der Waals surface area contributed by atoms with Crippen LogP contribution in [0, 0.1) is 6.92 Å². The van der Waals surface area contributed by atoms with Crippen molar-refractivity contribution in [2.75, 3.05) is 13.4 Å². The number of ether oxygens (including phenoxy) is 1. The van der Waals surface area contributed by atoms with Crippen molar-refractivity contribution in [1.82, 2.24) is 0 Å². The number of methoxy groups -OCH3 is 1. The first-order chi connectivity index (χ1) is 6.22. The zero-order chi connectivity index (χ0) is 9.84. The van der Waals surface area contributed by atoms with Crippen molar-refractivity contribution in [3.63, 3.8) is 0 Å². The van der Waals surface area contributed by atoms with E-state index in [0.717, 1.165) is 22.5 Å². The van der Waals surface area contributed by atoms with Crippen LogP contribution in [0.4, 0.5) is 0 Å². The van der Waals surface area contributed by atoms with Gasteiger partial charge in [-0.1, -0.05) is 0 Å². The fourth-order valence-electron chi connectivity index (χ4n) is 1.17. The fraction of sp³-hybridized carbons (Fsp3) is 0.300. The van der Waals surface area contributed by atoms with Crippen LogP contribution in [-0.2, 0) is 0 Å². The van der Waals surface area contributed by atoms with E-state index in [2.05, 4.69) is 0 Å². The van der Waals surface area contributed by atoms with Crippen molar-refractivity contribution in [2.24, 2.45) is 0 Å². The summed E-state index contributed by atoms with van der Waals surface area (Å²) in [7, 11) is 1.61. The second-order valence-corrected chi connectivity index (χ2v) is 3.53. The van der Waals surface area contributed by atoms with Gasteiger partial charge in [-0.05, 0) is 30.9 Å². The molecular formula is C10H12O2S. The topological polar surface area (TPSA) is 26.3 Å². The maximum absolute atomic E-state index is 10.7. The Hall–Kier alpha value is -0.960. The van der Waals surface area contributed by atoms with E-state index in [4.69, 9.17) is 4.74 Å². The largest absolute Gasteiger partial charge is 0.496 e. The van der Waals surface area contributed by atoms with E-state index in [9.17, 15) is 4.79 Å². The molecule has 0 fully saturated rings. The average molecular weight is 196 g/mol. The zero-order valence-electron chi connectivity index (χ0n) is 7.96. The van der Waals surface area contributed by atoms with E-state index in [-0.39, 0.29) is 0 Å². The van der Waals surface area contributed by atoms with Gasteiger partial charge in [-0.3, -0.25) is 4.79 Å². The number of hydrogen-bond donors (Lipinski definition) is 0. The fourth-order valence-corrected chi connectivity index (χ4v) is 1.80. The van der Waals surface area contributed by atoms with E-state index in [1.807, 2.05) is 19.2 Å². The Labute approximate surface area is 82.3 Å². The van der Waals surface area contributed by atoms with Gasteiger partial charge >= 0.3 is 0 Å². The van der Waals surface area contributed by atoms with Gasteiger partial charge in [-0.2, -0.15) is 0 Å². The molecule has 3 heteroatoms. The lowest BCUT2D eigenvalue weighted by Crippen LogP contribution is -1.92. The number of thioether (sulfide) groups is 1. The van der Waals surface area contributed by atoms with Gasteiger partial charge < -0.3 is 4.74 Å². The molecule has 13 heavy (non-hydrogen) atoms. The van der Waals surface area contributed by atoms with Crippen molar-refractivity contribution in [1.29, 1.82) is 0 Å². The third kappa shape index (κ3) is 2.04. The molecule has 0 saturated carbocycles. The standard InChI is InChI=1S/C10H12O2S/c1-7-4-10(13-3)8(6-11)5-9(7)12-2/h4-6H,1-3H3. The molecule has 1 aromatic rings. The van der Waals surface area contributed by atoms with Crippen molar-refractivity contribution in [3.05, 3.63) is 23.3 Å². The summed E-state index contributed by atoms with van der Waals surface area (Å²) in [6.07, 6.45) is 2.81. The van der Waals surface area contributed by atoms with E-state index < -0.39 is 0 Å². The van der Waals surface area contributed by atoms with Crippen LogP contribution in [0.15, 0.2) is 17.0 Å². The number of carbonyl (C=O) groups excluding carboxylic acids is 1. The third-order valence-electron chi connectivity index (χ3n) is 1.87. The summed E-state index contributed by atoms with van der Waals surface area (Å²) in [5.74, 6) is 0.764. The van der Waals surface area contributed by atoms with Crippen molar-refractivity contribution in [2.45, 2.75) is 11.8 Å². The Morgan fingerprint density at radius 2 is 2.15 bits per heavy atom. The average Bonchev–Trinajstić information content (AvgIpc) is 2.17. The number of aldehydes is 1. The van der Waals surface area contributed by atoms with Gasteiger partial charge in [-0.25, -0.2) is 0 Å². The van der Waals surface area contributed by atoms with Crippen molar-refractivity contribution in [3.8, 4) is 5.75 Å². The van der Waals surface area contributed by atoms with E-state index >= 15 is 0 Å². The first-order valence-electron chi connectivity index (χ1n) is 3.90. The Bertz CT molecular complexity index is 321. The minimum absolute atomic E-state index is 0.690. The van der Waals surface area contributed by atoms with Crippen LogP contribution in [0.5, 0.6) is 5.75 Å². The molecule has 0 aliphatic carbocycles. The minimum Gasteiger partial charge on any atom is -0.496 e. The van der Waals surface area contributed by atoms with Crippen molar-refractivity contribution < 1.29 is 9.53 Å². The summed E-state index contributed by atoms with van der Waals surface area (Å²) in [5.41, 5.74) is 1.74. The monoisotopic (exact) mass is 196 g/mol. The molecule has 0 N–H and O–H groups in total. The quantitative estimate of drug-likeness (QED) is 0.549. The van der Waals surface area contributed by atoms with E-state index in [1.165, 1.54) is 0 Å². The number of hydrogen-bond acceptors (Lipinski definition) is 3. The minimum atomic E-state index is 0.690. The van der Waals surface area contributed by atoms with Gasteiger partial charge in [-0.15, -0.1) is 11.8 Å². The second-order valence-electron chi connectivity index (χ2n) is 2.68. The van der Waals surface area contributed by atoms with Crippen LogP contribution in [0.2, 0.25) is 0 Å². The molecule has 0 atom stereocenters. The van der Waals surface area contributed by atoms with Gasteiger partial charge in [0.25, 0.3) is 0 Å². The number of aryl methyl sites for hydroxylation is 1. The number of benzene rings is 1. The Morgan fingerprint density at radius 1 is 1.46 bits per heavy atom. The predicted octanol–water partition coefficient (Wildman–Crippen LogP) is 2.54. The predicted molar refractivity (Wildman–Crippen MR) is 54.9 cm³/mol. The molecule has 1 rings (SSSR count). The van der Waals surface area contributed by atoms with Gasteiger partial charge in [0.1, 0.15) is 5.75 Å².